The van der Waals surface area contributed by atoms with Gasteiger partial charge in [0.1, 0.15) is 11.6 Å². The highest BCUT2D eigenvalue weighted by Gasteiger charge is 2.18. The Bertz CT molecular complexity index is 1050. The fourth-order valence-corrected chi connectivity index (χ4v) is 4.23. The van der Waals surface area contributed by atoms with Gasteiger partial charge in [-0.05, 0) is 23.8 Å². The van der Waals surface area contributed by atoms with E-state index in [1.54, 1.807) is 29.5 Å². The number of piperazine rings is 1. The zero-order chi connectivity index (χ0) is 20.4. The number of carbonyl (C=O) groups is 1. The number of anilines is 2. The Kier molecular flexibility index (Phi) is 5.46. The molecule has 6 nitrogen and oxygen atoms in total. The van der Waals surface area contributed by atoms with Crippen molar-refractivity contribution in [2.45, 2.75) is 6.92 Å². The first-order valence-corrected chi connectivity index (χ1v) is 10.2. The van der Waals surface area contributed by atoms with Gasteiger partial charge in [0.2, 0.25) is 5.91 Å². The van der Waals surface area contributed by atoms with Crippen molar-refractivity contribution in [1.82, 2.24) is 10.3 Å². The predicted octanol–water partition coefficient (Wildman–Crippen LogP) is 3.69. The molecular weight excluding hydrogens is 391 g/mol. The van der Waals surface area contributed by atoms with Crippen molar-refractivity contribution in [3.63, 3.8) is 0 Å². The van der Waals surface area contributed by atoms with E-state index < -0.39 is 5.82 Å². The number of hydrogen-bond acceptors (Lipinski definition) is 6. The molecule has 2 aromatic carbocycles. The Morgan fingerprint density at radius 2 is 2.00 bits per heavy atom. The molecule has 0 atom stereocenters. The Morgan fingerprint density at radius 1 is 1.24 bits per heavy atom. The zero-order valence-corrected chi connectivity index (χ0v) is 16.7. The van der Waals surface area contributed by atoms with Gasteiger partial charge >= 0.3 is 0 Å². The van der Waals surface area contributed by atoms with Crippen LogP contribution in [-0.4, -0.2) is 42.2 Å². The second-order valence-corrected chi connectivity index (χ2v) is 7.67. The van der Waals surface area contributed by atoms with E-state index >= 15 is 0 Å². The van der Waals surface area contributed by atoms with E-state index in [1.165, 1.54) is 19.1 Å². The lowest BCUT2D eigenvalue weighted by atomic mass is 10.00. The number of aromatic hydroxyl groups is 1. The quantitative estimate of drug-likeness (QED) is 0.609. The molecule has 0 bridgehead atoms. The van der Waals surface area contributed by atoms with Gasteiger partial charge in [0, 0.05) is 49.6 Å². The fourth-order valence-electron chi connectivity index (χ4n) is 3.35. The van der Waals surface area contributed by atoms with Crippen LogP contribution in [0.25, 0.3) is 22.4 Å². The summed E-state index contributed by atoms with van der Waals surface area (Å²) in [7, 11) is 0. The van der Waals surface area contributed by atoms with Crippen LogP contribution in [0.3, 0.4) is 0 Å². The summed E-state index contributed by atoms with van der Waals surface area (Å²) in [5.74, 6) is -0.848. The van der Waals surface area contributed by atoms with Gasteiger partial charge in [-0.2, -0.15) is 0 Å². The minimum atomic E-state index is -0.558. The van der Waals surface area contributed by atoms with Gasteiger partial charge in [0.05, 0.1) is 11.4 Å². The lowest BCUT2D eigenvalue weighted by Gasteiger charge is -2.26. The van der Waals surface area contributed by atoms with Crippen LogP contribution in [-0.2, 0) is 4.79 Å². The second-order valence-electron chi connectivity index (χ2n) is 6.83. The van der Waals surface area contributed by atoms with E-state index in [2.05, 4.69) is 15.5 Å². The first-order valence-electron chi connectivity index (χ1n) is 9.34. The number of halogens is 1. The van der Waals surface area contributed by atoms with E-state index in [1.807, 2.05) is 11.4 Å². The molecule has 0 aliphatic carbocycles. The standard InChI is InChI=1S/C21H21FN4O2S/c1-13(27)24-18-6-5-14(11-17(18)22)15-3-2-4-16(20(15)28)19-12-29-21(25-19)26-9-7-23-8-10-26/h2-6,11-12,23,28H,7-10H2,1H3,(H,24,27). The van der Waals surface area contributed by atoms with Crippen molar-refractivity contribution < 1.29 is 14.3 Å². The van der Waals surface area contributed by atoms with Crippen LogP contribution < -0.4 is 15.5 Å². The molecule has 1 aliphatic heterocycles. The lowest BCUT2D eigenvalue weighted by Crippen LogP contribution is -2.43. The van der Waals surface area contributed by atoms with Crippen LogP contribution in [0.4, 0.5) is 15.2 Å². The normalized spacial score (nSPS) is 14.1. The summed E-state index contributed by atoms with van der Waals surface area (Å²) in [6, 6.07) is 9.81. The van der Waals surface area contributed by atoms with Gasteiger partial charge in [-0.3, -0.25) is 4.79 Å². The topological polar surface area (TPSA) is 77.5 Å². The number of amides is 1. The molecule has 29 heavy (non-hydrogen) atoms. The van der Waals surface area contributed by atoms with Crippen LogP contribution in [0.15, 0.2) is 41.8 Å². The molecule has 3 aromatic rings. The molecule has 0 saturated carbocycles. The van der Waals surface area contributed by atoms with Crippen molar-refractivity contribution in [2.24, 2.45) is 0 Å². The Morgan fingerprint density at radius 3 is 2.72 bits per heavy atom. The van der Waals surface area contributed by atoms with Gasteiger partial charge in [0.25, 0.3) is 0 Å². The van der Waals surface area contributed by atoms with E-state index in [4.69, 9.17) is 4.98 Å². The van der Waals surface area contributed by atoms with Crippen molar-refractivity contribution in [2.75, 3.05) is 36.4 Å². The third kappa shape index (κ3) is 4.08. The summed E-state index contributed by atoms with van der Waals surface area (Å²) in [5, 5.41) is 19.5. The van der Waals surface area contributed by atoms with Crippen molar-refractivity contribution in [3.8, 4) is 28.1 Å². The first kappa shape index (κ1) is 19.4. The van der Waals surface area contributed by atoms with Gasteiger partial charge < -0.3 is 20.6 Å². The average molecular weight is 412 g/mol. The molecule has 0 radical (unpaired) electrons. The van der Waals surface area contributed by atoms with Crippen molar-refractivity contribution in [1.29, 1.82) is 0 Å². The highest BCUT2D eigenvalue weighted by Crippen LogP contribution is 2.40. The number of thiazole rings is 1. The maximum atomic E-state index is 14.3. The molecule has 4 rings (SSSR count). The van der Waals surface area contributed by atoms with Gasteiger partial charge in [-0.25, -0.2) is 9.37 Å². The molecule has 1 aliphatic rings. The fraction of sp³-hybridized carbons (Fsp3) is 0.238. The SMILES string of the molecule is CC(=O)Nc1ccc(-c2cccc(-c3csc(N4CCNCC4)n3)c2O)cc1F. The lowest BCUT2D eigenvalue weighted by molar-refractivity contribution is -0.114. The van der Waals surface area contributed by atoms with E-state index in [0.717, 1.165) is 31.3 Å². The molecule has 1 saturated heterocycles. The zero-order valence-electron chi connectivity index (χ0n) is 15.9. The second kappa shape index (κ2) is 8.18. The van der Waals surface area contributed by atoms with Crippen LogP contribution in [0.2, 0.25) is 0 Å². The van der Waals surface area contributed by atoms with E-state index in [-0.39, 0.29) is 17.3 Å². The number of carbonyl (C=O) groups excluding carboxylic acids is 1. The highest BCUT2D eigenvalue weighted by atomic mass is 32.1. The molecule has 1 aromatic heterocycles. The molecule has 0 spiro atoms. The van der Waals surface area contributed by atoms with Gasteiger partial charge in [-0.1, -0.05) is 18.2 Å². The van der Waals surface area contributed by atoms with Crippen molar-refractivity contribution >= 4 is 28.1 Å². The molecule has 0 unspecified atom stereocenters. The monoisotopic (exact) mass is 412 g/mol. The number of rotatable bonds is 4. The number of nitrogens with zero attached hydrogens (tertiary/aromatic N) is 2. The number of phenols is 1. The third-order valence-electron chi connectivity index (χ3n) is 4.78. The molecular formula is C21H21FN4O2S. The number of aromatic nitrogens is 1. The van der Waals surface area contributed by atoms with E-state index in [9.17, 15) is 14.3 Å². The smallest absolute Gasteiger partial charge is 0.221 e. The summed E-state index contributed by atoms with van der Waals surface area (Å²) >= 11 is 1.55. The minimum Gasteiger partial charge on any atom is -0.507 e. The van der Waals surface area contributed by atoms with Crippen LogP contribution in [0, 0.1) is 5.82 Å². The average Bonchev–Trinajstić information content (AvgIpc) is 3.20. The number of hydrogen-bond donors (Lipinski definition) is 3. The van der Waals surface area contributed by atoms with Crippen LogP contribution in [0.1, 0.15) is 6.92 Å². The minimum absolute atomic E-state index is 0.0522. The Hall–Kier alpha value is -2.97. The van der Waals surface area contributed by atoms with Crippen molar-refractivity contribution in [3.05, 3.63) is 47.6 Å². The first-order chi connectivity index (χ1) is 14.0. The number of para-hydroxylation sites is 1. The Balaban J connectivity index is 1.65. The molecule has 150 valence electrons. The number of nitrogens with one attached hydrogen (secondary N) is 2. The molecule has 8 heteroatoms. The van der Waals surface area contributed by atoms with Gasteiger partial charge in [0.15, 0.2) is 5.13 Å². The maximum Gasteiger partial charge on any atom is 0.221 e. The molecule has 3 N–H and O–H groups in total. The molecule has 1 amide bonds. The molecule has 2 heterocycles. The summed E-state index contributed by atoms with van der Waals surface area (Å²) in [4.78, 5) is 18.1. The van der Waals surface area contributed by atoms with Gasteiger partial charge in [-0.15, -0.1) is 11.3 Å². The van der Waals surface area contributed by atoms with Crippen LogP contribution >= 0.6 is 11.3 Å². The third-order valence-corrected chi connectivity index (χ3v) is 5.68. The van der Waals surface area contributed by atoms with E-state index in [0.29, 0.717) is 22.4 Å². The predicted molar refractivity (Wildman–Crippen MR) is 114 cm³/mol. The van der Waals surface area contributed by atoms with Crippen LogP contribution in [0.5, 0.6) is 5.75 Å². The number of benzene rings is 2. The molecule has 1 fully saturated rings. The summed E-state index contributed by atoms with van der Waals surface area (Å²) in [6.45, 7) is 4.98. The summed E-state index contributed by atoms with van der Waals surface area (Å²) in [6.07, 6.45) is 0. The summed E-state index contributed by atoms with van der Waals surface area (Å²) in [5.41, 5.74) is 2.43. The summed E-state index contributed by atoms with van der Waals surface area (Å²) < 4.78 is 14.3. The highest BCUT2D eigenvalue weighted by molar-refractivity contribution is 7.14. The largest absolute Gasteiger partial charge is 0.507 e. The Labute approximate surface area is 172 Å². The maximum absolute atomic E-state index is 14.3. The number of phenolic OH excluding ortho intramolecular Hbond substituents is 1.